The summed E-state index contributed by atoms with van der Waals surface area (Å²) in [4.78, 5) is 13.6. The molecule has 0 bridgehead atoms. The van der Waals surface area contributed by atoms with E-state index in [1.165, 1.54) is 5.45 Å². The molecule has 2 heterocycles. The molecular formula is C8H14N4Si. The Kier molecular flexibility index (Phi) is 3.97. The molecule has 2 aromatic heterocycles. The molecule has 0 aliphatic heterocycles. The van der Waals surface area contributed by atoms with Gasteiger partial charge in [0.05, 0.1) is 11.8 Å². The van der Waals surface area contributed by atoms with Crippen molar-refractivity contribution in [1.82, 2.24) is 19.9 Å². The van der Waals surface area contributed by atoms with Crippen LogP contribution in [0.1, 0.15) is 0 Å². The average Bonchev–Trinajstić information content (AvgIpc) is 2.82. The first-order valence-corrected chi connectivity index (χ1v) is 7.11. The van der Waals surface area contributed by atoms with Crippen LogP contribution in [0.2, 0.25) is 13.1 Å². The maximum absolute atomic E-state index is 4.12. The van der Waals surface area contributed by atoms with Crippen LogP contribution in [-0.2, 0) is 0 Å². The second-order valence-electron chi connectivity index (χ2n) is 2.89. The van der Waals surface area contributed by atoms with Crippen LogP contribution in [0.5, 0.6) is 0 Å². The third-order valence-corrected chi connectivity index (χ3v) is 2.88. The molecule has 0 atom stereocenters. The summed E-state index contributed by atoms with van der Waals surface area (Å²) < 4.78 is 0. The minimum atomic E-state index is -0.647. The van der Waals surface area contributed by atoms with E-state index in [9.17, 15) is 0 Å². The SMILES string of the molecule is C[SiH](C)c1ncc[nH]1.c1c[nH]cn1. The van der Waals surface area contributed by atoms with E-state index in [1.54, 1.807) is 18.7 Å². The van der Waals surface area contributed by atoms with Crippen molar-refractivity contribution in [2.45, 2.75) is 13.1 Å². The first-order chi connectivity index (χ1) is 6.30. The molecule has 0 spiro atoms. The fraction of sp³-hybridized carbons (Fsp3) is 0.250. The fourth-order valence-corrected chi connectivity index (χ4v) is 1.62. The smallest absolute Gasteiger partial charge is 0.110 e. The van der Waals surface area contributed by atoms with Gasteiger partial charge < -0.3 is 9.97 Å². The molecule has 0 aliphatic carbocycles. The van der Waals surface area contributed by atoms with Gasteiger partial charge in [-0.25, -0.2) is 9.97 Å². The Balaban J connectivity index is 0.000000145. The molecule has 0 aliphatic rings. The lowest BCUT2D eigenvalue weighted by molar-refractivity contribution is 1.31. The predicted molar refractivity (Wildman–Crippen MR) is 55.7 cm³/mol. The zero-order chi connectivity index (χ0) is 9.52. The number of imidazole rings is 2. The Morgan fingerprint density at radius 2 is 2.08 bits per heavy atom. The highest BCUT2D eigenvalue weighted by atomic mass is 28.3. The minimum Gasteiger partial charge on any atom is -0.353 e. The van der Waals surface area contributed by atoms with Gasteiger partial charge in [-0.3, -0.25) is 0 Å². The summed E-state index contributed by atoms with van der Waals surface area (Å²) in [5.74, 6) is 0. The van der Waals surface area contributed by atoms with Crippen molar-refractivity contribution in [3.63, 3.8) is 0 Å². The molecule has 13 heavy (non-hydrogen) atoms. The highest BCUT2D eigenvalue weighted by molar-refractivity contribution is 6.69. The van der Waals surface area contributed by atoms with E-state index < -0.39 is 8.80 Å². The standard InChI is InChI=1S/C5H10N2Si.C3H4N2/c1-8(2)5-6-3-4-7-5;1-2-5-3-4-1/h3-4,8H,1-2H3,(H,6,7);1-3H,(H,4,5). The summed E-state index contributed by atoms with van der Waals surface area (Å²) in [6.07, 6.45) is 8.77. The predicted octanol–water partition coefficient (Wildman–Crippen LogP) is 0.513. The largest absolute Gasteiger partial charge is 0.353 e. The van der Waals surface area contributed by atoms with Crippen LogP contribution in [-0.4, -0.2) is 28.7 Å². The van der Waals surface area contributed by atoms with Crippen LogP contribution < -0.4 is 5.45 Å². The highest BCUT2D eigenvalue weighted by Crippen LogP contribution is 1.76. The first-order valence-electron chi connectivity index (χ1n) is 4.22. The van der Waals surface area contributed by atoms with Gasteiger partial charge in [0.15, 0.2) is 0 Å². The monoisotopic (exact) mass is 194 g/mol. The maximum atomic E-state index is 4.12. The lowest BCUT2D eigenvalue weighted by atomic mass is 11.0. The molecule has 0 amide bonds. The van der Waals surface area contributed by atoms with Gasteiger partial charge in [0, 0.05) is 24.8 Å². The number of aromatic nitrogens is 4. The maximum Gasteiger partial charge on any atom is 0.110 e. The molecular weight excluding hydrogens is 180 g/mol. The van der Waals surface area contributed by atoms with Crippen LogP contribution in [0.25, 0.3) is 0 Å². The molecule has 2 N–H and O–H groups in total. The Morgan fingerprint density at radius 3 is 2.31 bits per heavy atom. The number of rotatable bonds is 1. The number of nitrogens with zero attached hydrogens (tertiary/aromatic N) is 2. The van der Waals surface area contributed by atoms with Gasteiger partial charge in [-0.05, 0) is 0 Å². The van der Waals surface area contributed by atoms with Gasteiger partial charge in [-0.1, -0.05) is 13.1 Å². The van der Waals surface area contributed by atoms with Gasteiger partial charge in [-0.15, -0.1) is 0 Å². The second-order valence-corrected chi connectivity index (χ2v) is 5.75. The van der Waals surface area contributed by atoms with E-state index in [0.717, 1.165) is 0 Å². The van der Waals surface area contributed by atoms with E-state index in [2.05, 4.69) is 33.0 Å². The average molecular weight is 194 g/mol. The van der Waals surface area contributed by atoms with Crippen LogP contribution in [0, 0.1) is 0 Å². The molecule has 0 aromatic carbocycles. The summed E-state index contributed by atoms with van der Waals surface area (Å²) in [7, 11) is -0.647. The number of aromatic amines is 2. The summed E-state index contributed by atoms with van der Waals surface area (Å²) in [6, 6.07) is 0. The zero-order valence-electron chi connectivity index (χ0n) is 7.86. The number of hydrogen-bond acceptors (Lipinski definition) is 2. The first kappa shape index (κ1) is 9.72. The van der Waals surface area contributed by atoms with Crippen molar-refractivity contribution in [3.8, 4) is 0 Å². The Bertz CT molecular complexity index is 271. The Hall–Kier alpha value is -1.36. The molecule has 0 unspecified atom stereocenters. The van der Waals surface area contributed by atoms with E-state index in [1.807, 2.05) is 12.4 Å². The summed E-state index contributed by atoms with van der Waals surface area (Å²) in [5.41, 5.74) is 1.20. The number of hydrogen-bond donors (Lipinski definition) is 2. The summed E-state index contributed by atoms with van der Waals surface area (Å²) in [6.45, 7) is 4.50. The molecule has 0 fully saturated rings. The Morgan fingerprint density at radius 1 is 1.23 bits per heavy atom. The van der Waals surface area contributed by atoms with Crippen LogP contribution in [0.15, 0.2) is 31.1 Å². The third kappa shape index (κ3) is 3.70. The van der Waals surface area contributed by atoms with Crippen molar-refractivity contribution in [1.29, 1.82) is 0 Å². The Labute approximate surface area is 79.1 Å². The van der Waals surface area contributed by atoms with E-state index in [-0.39, 0.29) is 0 Å². The summed E-state index contributed by atoms with van der Waals surface area (Å²) in [5, 5.41) is 0. The quantitative estimate of drug-likeness (QED) is 0.650. The normalized spacial score (nSPS) is 9.46. The van der Waals surface area contributed by atoms with Gasteiger partial charge in [0.1, 0.15) is 8.80 Å². The van der Waals surface area contributed by atoms with E-state index >= 15 is 0 Å². The van der Waals surface area contributed by atoms with Crippen molar-refractivity contribution in [3.05, 3.63) is 31.1 Å². The van der Waals surface area contributed by atoms with Gasteiger partial charge >= 0.3 is 0 Å². The van der Waals surface area contributed by atoms with Crippen LogP contribution >= 0.6 is 0 Å². The molecule has 0 saturated heterocycles. The molecule has 2 rings (SSSR count). The van der Waals surface area contributed by atoms with Gasteiger partial charge in [0.2, 0.25) is 0 Å². The number of nitrogens with one attached hydrogen (secondary N) is 2. The highest BCUT2D eigenvalue weighted by Gasteiger charge is 1.99. The van der Waals surface area contributed by atoms with Crippen LogP contribution in [0.4, 0.5) is 0 Å². The van der Waals surface area contributed by atoms with Gasteiger partial charge in [-0.2, -0.15) is 0 Å². The van der Waals surface area contributed by atoms with Crippen molar-refractivity contribution in [2.24, 2.45) is 0 Å². The minimum absolute atomic E-state index is 0.647. The molecule has 2 aromatic rings. The third-order valence-electron chi connectivity index (χ3n) is 1.47. The van der Waals surface area contributed by atoms with Crippen molar-refractivity contribution in [2.75, 3.05) is 0 Å². The van der Waals surface area contributed by atoms with Crippen molar-refractivity contribution >= 4 is 14.2 Å². The molecule has 4 nitrogen and oxygen atoms in total. The zero-order valence-corrected chi connectivity index (χ0v) is 9.01. The van der Waals surface area contributed by atoms with E-state index in [4.69, 9.17) is 0 Å². The lowest BCUT2D eigenvalue weighted by Crippen LogP contribution is -2.25. The fourth-order valence-electron chi connectivity index (χ4n) is 0.808. The topological polar surface area (TPSA) is 57.4 Å². The van der Waals surface area contributed by atoms with Gasteiger partial charge in [0.25, 0.3) is 0 Å². The molecule has 0 radical (unpaired) electrons. The lowest BCUT2D eigenvalue weighted by Gasteiger charge is -1.92. The van der Waals surface area contributed by atoms with Crippen LogP contribution in [0.3, 0.4) is 0 Å². The number of H-pyrrole nitrogens is 2. The molecule has 0 saturated carbocycles. The second kappa shape index (κ2) is 5.31. The molecule has 70 valence electrons. The van der Waals surface area contributed by atoms with Crippen molar-refractivity contribution < 1.29 is 0 Å². The summed E-state index contributed by atoms with van der Waals surface area (Å²) >= 11 is 0. The van der Waals surface area contributed by atoms with E-state index in [0.29, 0.717) is 0 Å². The molecule has 5 heteroatoms.